The first-order valence-electron chi connectivity index (χ1n) is 7.59. The molecule has 2 amide bonds. The maximum atomic E-state index is 11.9. The molecule has 1 aliphatic carbocycles. The third-order valence-electron chi connectivity index (χ3n) is 4.26. The Balaban J connectivity index is 2.21. The van der Waals surface area contributed by atoms with Crippen molar-refractivity contribution in [3.8, 4) is 0 Å². The molecule has 0 radical (unpaired) electrons. The maximum Gasteiger partial charge on any atom is 0.220 e. The zero-order valence-electron chi connectivity index (χ0n) is 12.9. The number of methoxy groups -OCH3 is 1. The second-order valence-electron chi connectivity index (χ2n) is 5.78. The highest BCUT2D eigenvalue weighted by Crippen LogP contribution is 2.29. The van der Waals surface area contributed by atoms with Crippen LogP contribution < -0.4 is 10.6 Å². The third-order valence-corrected chi connectivity index (χ3v) is 4.26. The molecule has 20 heavy (non-hydrogen) atoms. The van der Waals surface area contributed by atoms with E-state index in [0.717, 1.165) is 6.42 Å². The van der Waals surface area contributed by atoms with Gasteiger partial charge in [-0.2, -0.15) is 0 Å². The lowest BCUT2D eigenvalue weighted by molar-refractivity contribution is -0.127. The number of nitrogens with one attached hydrogen (secondary N) is 2. The number of hydrogen-bond acceptors (Lipinski definition) is 3. The third kappa shape index (κ3) is 5.90. The quantitative estimate of drug-likeness (QED) is 0.696. The molecule has 1 fully saturated rings. The Morgan fingerprint density at radius 2 is 1.85 bits per heavy atom. The fraction of sp³-hybridized carbons (Fsp3) is 0.867. The number of hydrogen-bond donors (Lipinski definition) is 2. The van der Waals surface area contributed by atoms with E-state index in [0.29, 0.717) is 25.0 Å². The number of carbonyl (C=O) groups is 2. The molecule has 5 heteroatoms. The van der Waals surface area contributed by atoms with Gasteiger partial charge in [-0.05, 0) is 18.3 Å². The van der Waals surface area contributed by atoms with Crippen molar-refractivity contribution in [3.05, 3.63) is 0 Å². The van der Waals surface area contributed by atoms with E-state index >= 15 is 0 Å². The molecular formula is C15H28N2O3. The first-order chi connectivity index (χ1) is 9.54. The minimum atomic E-state index is -0.0951. The van der Waals surface area contributed by atoms with Crippen molar-refractivity contribution in [2.75, 3.05) is 20.3 Å². The molecule has 0 bridgehead atoms. The largest absolute Gasteiger partial charge is 0.383 e. The van der Waals surface area contributed by atoms with Crippen molar-refractivity contribution in [1.29, 1.82) is 0 Å². The Hall–Kier alpha value is -1.10. The summed E-state index contributed by atoms with van der Waals surface area (Å²) in [5.41, 5.74) is 0. The van der Waals surface area contributed by atoms with Crippen LogP contribution >= 0.6 is 0 Å². The van der Waals surface area contributed by atoms with Crippen molar-refractivity contribution < 1.29 is 14.3 Å². The van der Waals surface area contributed by atoms with Gasteiger partial charge < -0.3 is 15.4 Å². The van der Waals surface area contributed by atoms with Gasteiger partial charge in [0.2, 0.25) is 11.8 Å². The van der Waals surface area contributed by atoms with Crippen LogP contribution in [0, 0.1) is 11.8 Å². The average molecular weight is 284 g/mol. The van der Waals surface area contributed by atoms with Gasteiger partial charge in [0.1, 0.15) is 0 Å². The lowest BCUT2D eigenvalue weighted by atomic mass is 9.78. The molecule has 0 spiro atoms. The standard InChI is InChI=1S/C15H28N2O3/c1-11-5-4-6-13(12(11)2)17-15(19)8-7-14(18)16-9-10-20-3/h11-13H,4-10H2,1-3H3,(H,16,18)(H,17,19)/t11-,12+,13+/m1/s1. The molecule has 1 rings (SSSR count). The van der Waals surface area contributed by atoms with Gasteiger partial charge in [0.15, 0.2) is 0 Å². The number of amides is 2. The zero-order chi connectivity index (χ0) is 15.0. The molecule has 0 aromatic heterocycles. The van der Waals surface area contributed by atoms with Gasteiger partial charge in [0.25, 0.3) is 0 Å². The van der Waals surface area contributed by atoms with Crippen LogP contribution in [-0.4, -0.2) is 38.1 Å². The normalized spacial score (nSPS) is 26.1. The summed E-state index contributed by atoms with van der Waals surface area (Å²) < 4.78 is 4.85. The molecule has 116 valence electrons. The Labute approximate surface area is 121 Å². The highest BCUT2D eigenvalue weighted by molar-refractivity contribution is 5.83. The van der Waals surface area contributed by atoms with E-state index in [-0.39, 0.29) is 30.7 Å². The predicted octanol–water partition coefficient (Wildman–Crippen LogP) is 1.47. The van der Waals surface area contributed by atoms with Crippen LogP contribution in [-0.2, 0) is 14.3 Å². The second kappa shape index (κ2) is 8.95. The smallest absolute Gasteiger partial charge is 0.220 e. The molecule has 1 saturated carbocycles. The Morgan fingerprint density at radius 1 is 1.15 bits per heavy atom. The van der Waals surface area contributed by atoms with Crippen LogP contribution in [0.15, 0.2) is 0 Å². The Morgan fingerprint density at radius 3 is 2.55 bits per heavy atom. The summed E-state index contributed by atoms with van der Waals surface area (Å²) in [6, 6.07) is 0.266. The summed E-state index contributed by atoms with van der Waals surface area (Å²) in [5, 5.41) is 5.79. The second-order valence-corrected chi connectivity index (χ2v) is 5.78. The monoisotopic (exact) mass is 284 g/mol. The van der Waals surface area contributed by atoms with Gasteiger partial charge in [0, 0.05) is 32.5 Å². The zero-order valence-corrected chi connectivity index (χ0v) is 12.9. The van der Waals surface area contributed by atoms with Crippen LogP contribution in [0.2, 0.25) is 0 Å². The van der Waals surface area contributed by atoms with Gasteiger partial charge in [-0.15, -0.1) is 0 Å². The van der Waals surface area contributed by atoms with E-state index < -0.39 is 0 Å². The molecule has 3 atom stereocenters. The highest BCUT2D eigenvalue weighted by atomic mass is 16.5. The fourth-order valence-corrected chi connectivity index (χ4v) is 2.67. The topological polar surface area (TPSA) is 67.4 Å². The van der Waals surface area contributed by atoms with E-state index in [2.05, 4.69) is 24.5 Å². The summed E-state index contributed by atoms with van der Waals surface area (Å²) in [5.74, 6) is 1.06. The van der Waals surface area contributed by atoms with Gasteiger partial charge >= 0.3 is 0 Å². The summed E-state index contributed by atoms with van der Waals surface area (Å²) >= 11 is 0. The molecule has 0 aliphatic heterocycles. The number of rotatable bonds is 7. The molecule has 0 unspecified atom stereocenters. The number of ether oxygens (including phenoxy) is 1. The Kier molecular flexibility index (Phi) is 7.59. The van der Waals surface area contributed by atoms with Crippen LogP contribution in [0.1, 0.15) is 46.0 Å². The van der Waals surface area contributed by atoms with Crippen molar-refractivity contribution in [2.24, 2.45) is 11.8 Å². The van der Waals surface area contributed by atoms with E-state index in [9.17, 15) is 9.59 Å². The molecule has 0 saturated heterocycles. The average Bonchev–Trinajstić information content (AvgIpc) is 2.42. The van der Waals surface area contributed by atoms with E-state index in [1.165, 1.54) is 12.8 Å². The summed E-state index contributed by atoms with van der Waals surface area (Å²) in [6.07, 6.45) is 3.98. The maximum absolute atomic E-state index is 11.9. The van der Waals surface area contributed by atoms with Crippen LogP contribution in [0.4, 0.5) is 0 Å². The first-order valence-corrected chi connectivity index (χ1v) is 7.59. The van der Waals surface area contributed by atoms with Crippen molar-refractivity contribution in [1.82, 2.24) is 10.6 Å². The Bertz CT molecular complexity index is 320. The molecule has 0 heterocycles. The summed E-state index contributed by atoms with van der Waals surface area (Å²) in [6.45, 7) is 5.43. The van der Waals surface area contributed by atoms with Gasteiger partial charge in [-0.3, -0.25) is 9.59 Å². The summed E-state index contributed by atoms with van der Waals surface area (Å²) in [7, 11) is 1.59. The number of carbonyl (C=O) groups excluding carboxylic acids is 2. The van der Waals surface area contributed by atoms with E-state index in [1.54, 1.807) is 7.11 Å². The molecule has 0 aromatic rings. The van der Waals surface area contributed by atoms with Gasteiger partial charge in [-0.1, -0.05) is 26.7 Å². The molecule has 2 N–H and O–H groups in total. The lowest BCUT2D eigenvalue weighted by Gasteiger charge is -2.34. The SMILES string of the molecule is COCCNC(=O)CCC(=O)N[C@H]1CCC[C@@H](C)[C@@H]1C. The van der Waals surface area contributed by atoms with Crippen molar-refractivity contribution >= 4 is 11.8 Å². The highest BCUT2D eigenvalue weighted by Gasteiger charge is 2.27. The molecule has 5 nitrogen and oxygen atoms in total. The van der Waals surface area contributed by atoms with Gasteiger partial charge in [0.05, 0.1) is 6.61 Å². The minimum absolute atomic E-state index is 0.0159. The minimum Gasteiger partial charge on any atom is -0.383 e. The molecular weight excluding hydrogens is 256 g/mol. The van der Waals surface area contributed by atoms with Crippen LogP contribution in [0.3, 0.4) is 0 Å². The fourth-order valence-electron chi connectivity index (χ4n) is 2.67. The van der Waals surface area contributed by atoms with Crippen LogP contribution in [0.25, 0.3) is 0 Å². The molecule has 0 aromatic carbocycles. The first kappa shape index (κ1) is 17.0. The van der Waals surface area contributed by atoms with Crippen molar-refractivity contribution in [3.63, 3.8) is 0 Å². The van der Waals surface area contributed by atoms with Crippen LogP contribution in [0.5, 0.6) is 0 Å². The van der Waals surface area contributed by atoms with Crippen molar-refractivity contribution in [2.45, 2.75) is 52.0 Å². The van der Waals surface area contributed by atoms with E-state index in [1.807, 2.05) is 0 Å². The lowest BCUT2D eigenvalue weighted by Crippen LogP contribution is -2.44. The predicted molar refractivity (Wildman–Crippen MR) is 78.2 cm³/mol. The van der Waals surface area contributed by atoms with E-state index in [4.69, 9.17) is 4.74 Å². The molecule has 1 aliphatic rings. The van der Waals surface area contributed by atoms with Gasteiger partial charge in [-0.25, -0.2) is 0 Å². The summed E-state index contributed by atoms with van der Waals surface area (Å²) in [4.78, 5) is 23.4.